The molecule has 0 unspecified atom stereocenters. The Bertz CT molecular complexity index is 557. The number of carbonyl (C=O) groups excluding carboxylic acids is 1. The fraction of sp³-hybridized carbons (Fsp3) is 0.611. The third kappa shape index (κ3) is 3.29. The monoisotopic (exact) mass is 318 g/mol. The van der Waals surface area contributed by atoms with Crippen molar-refractivity contribution in [2.75, 3.05) is 39.9 Å². The lowest BCUT2D eigenvalue weighted by molar-refractivity contribution is 0.0607. The number of ether oxygens (including phenoxy) is 2. The summed E-state index contributed by atoms with van der Waals surface area (Å²) < 4.78 is 10.9. The number of hydrogen-bond acceptors (Lipinski definition) is 4. The third-order valence-corrected chi connectivity index (χ3v) is 5.15. The smallest absolute Gasteiger partial charge is 0.253 e. The van der Waals surface area contributed by atoms with Gasteiger partial charge in [0.05, 0.1) is 13.7 Å². The zero-order valence-corrected chi connectivity index (χ0v) is 14.1. The number of methoxy groups -OCH3 is 1. The number of carbonyl (C=O) groups is 1. The molecular formula is C18H26N2O3. The number of piperidine rings is 1. The average molecular weight is 318 g/mol. The van der Waals surface area contributed by atoms with Crippen LogP contribution >= 0.6 is 0 Å². The summed E-state index contributed by atoms with van der Waals surface area (Å²) in [6.45, 7) is 6.41. The maximum absolute atomic E-state index is 12.8. The van der Waals surface area contributed by atoms with Crippen molar-refractivity contribution in [1.82, 2.24) is 10.2 Å². The van der Waals surface area contributed by atoms with Crippen LogP contribution < -0.4 is 14.8 Å². The molecule has 0 atom stereocenters. The highest BCUT2D eigenvalue weighted by Crippen LogP contribution is 2.37. The molecule has 2 aliphatic heterocycles. The van der Waals surface area contributed by atoms with Crippen LogP contribution in [0.25, 0.3) is 0 Å². The van der Waals surface area contributed by atoms with Gasteiger partial charge in [0.15, 0.2) is 11.5 Å². The largest absolute Gasteiger partial charge is 0.493 e. The van der Waals surface area contributed by atoms with E-state index >= 15 is 0 Å². The number of likely N-dealkylation sites (tertiary alicyclic amines) is 1. The summed E-state index contributed by atoms with van der Waals surface area (Å²) in [4.78, 5) is 14.7. The molecule has 3 rings (SSSR count). The van der Waals surface area contributed by atoms with E-state index in [1.807, 2.05) is 24.0 Å². The molecule has 2 fully saturated rings. The Morgan fingerprint density at radius 2 is 2.04 bits per heavy atom. The Balaban J connectivity index is 1.68. The third-order valence-electron chi connectivity index (χ3n) is 5.15. The lowest BCUT2D eigenvalue weighted by Gasteiger charge is -2.39. The van der Waals surface area contributed by atoms with Crippen LogP contribution in [0, 0.1) is 5.41 Å². The van der Waals surface area contributed by atoms with Crippen LogP contribution in [0.4, 0.5) is 0 Å². The molecule has 1 aromatic carbocycles. The van der Waals surface area contributed by atoms with Gasteiger partial charge in [-0.05, 0) is 56.3 Å². The first-order chi connectivity index (χ1) is 11.2. The van der Waals surface area contributed by atoms with Gasteiger partial charge in [0.25, 0.3) is 5.91 Å². The molecule has 0 radical (unpaired) electrons. The van der Waals surface area contributed by atoms with Crippen molar-refractivity contribution < 1.29 is 14.3 Å². The van der Waals surface area contributed by atoms with Crippen molar-refractivity contribution in [2.24, 2.45) is 5.41 Å². The fourth-order valence-corrected chi connectivity index (χ4v) is 3.66. The molecule has 23 heavy (non-hydrogen) atoms. The topological polar surface area (TPSA) is 50.8 Å². The van der Waals surface area contributed by atoms with Crippen LogP contribution in [0.2, 0.25) is 0 Å². The van der Waals surface area contributed by atoms with Gasteiger partial charge < -0.3 is 19.7 Å². The molecule has 1 amide bonds. The van der Waals surface area contributed by atoms with E-state index in [1.54, 1.807) is 13.2 Å². The van der Waals surface area contributed by atoms with E-state index in [9.17, 15) is 4.79 Å². The Morgan fingerprint density at radius 3 is 2.65 bits per heavy atom. The summed E-state index contributed by atoms with van der Waals surface area (Å²) in [5.41, 5.74) is 1.10. The predicted molar refractivity (Wildman–Crippen MR) is 89.2 cm³/mol. The Labute approximate surface area is 137 Å². The molecule has 1 aromatic rings. The van der Waals surface area contributed by atoms with Crippen LogP contribution in [-0.2, 0) is 0 Å². The number of amides is 1. The van der Waals surface area contributed by atoms with Crippen molar-refractivity contribution >= 4 is 5.91 Å². The van der Waals surface area contributed by atoms with Crippen molar-refractivity contribution in [3.8, 4) is 11.5 Å². The van der Waals surface area contributed by atoms with Gasteiger partial charge in [-0.2, -0.15) is 0 Å². The molecule has 5 nitrogen and oxygen atoms in total. The molecular weight excluding hydrogens is 292 g/mol. The van der Waals surface area contributed by atoms with Crippen molar-refractivity contribution in [3.05, 3.63) is 23.8 Å². The first-order valence-corrected chi connectivity index (χ1v) is 8.48. The average Bonchev–Trinajstić information content (AvgIpc) is 3.03. The van der Waals surface area contributed by atoms with Crippen LogP contribution in [0.5, 0.6) is 11.5 Å². The van der Waals surface area contributed by atoms with E-state index in [4.69, 9.17) is 9.47 Å². The minimum Gasteiger partial charge on any atom is -0.493 e. The first-order valence-electron chi connectivity index (χ1n) is 8.48. The Morgan fingerprint density at radius 1 is 1.26 bits per heavy atom. The van der Waals surface area contributed by atoms with E-state index < -0.39 is 0 Å². The van der Waals surface area contributed by atoms with Gasteiger partial charge in [-0.1, -0.05) is 0 Å². The van der Waals surface area contributed by atoms with Crippen molar-refractivity contribution in [3.63, 3.8) is 0 Å². The number of hydrogen-bond donors (Lipinski definition) is 1. The first kappa shape index (κ1) is 16.1. The maximum Gasteiger partial charge on any atom is 0.253 e. The van der Waals surface area contributed by atoms with E-state index in [-0.39, 0.29) is 5.91 Å². The van der Waals surface area contributed by atoms with E-state index in [0.29, 0.717) is 29.1 Å². The summed E-state index contributed by atoms with van der Waals surface area (Å²) in [6.07, 6.45) is 3.44. The zero-order valence-electron chi connectivity index (χ0n) is 14.1. The van der Waals surface area contributed by atoms with Crippen LogP contribution in [-0.4, -0.2) is 50.7 Å². The molecule has 2 heterocycles. The SMILES string of the molecule is CCOc1ccc(C(=O)N2CCC3(CCNC3)CC2)cc1OC. The molecule has 0 saturated carbocycles. The highest BCUT2D eigenvalue weighted by atomic mass is 16.5. The summed E-state index contributed by atoms with van der Waals surface area (Å²) >= 11 is 0. The molecule has 0 aliphatic carbocycles. The second kappa shape index (κ2) is 6.79. The van der Waals surface area contributed by atoms with E-state index in [1.165, 1.54) is 6.42 Å². The van der Waals surface area contributed by atoms with Gasteiger partial charge in [0.2, 0.25) is 0 Å². The van der Waals surface area contributed by atoms with Gasteiger partial charge >= 0.3 is 0 Å². The molecule has 0 aromatic heterocycles. The molecule has 126 valence electrons. The van der Waals surface area contributed by atoms with E-state index in [0.717, 1.165) is 39.0 Å². The lowest BCUT2D eigenvalue weighted by atomic mass is 9.78. The van der Waals surface area contributed by atoms with Crippen LogP contribution in [0.3, 0.4) is 0 Å². The molecule has 2 aliphatic rings. The maximum atomic E-state index is 12.8. The van der Waals surface area contributed by atoms with Gasteiger partial charge in [0.1, 0.15) is 0 Å². The second-order valence-electron chi connectivity index (χ2n) is 6.52. The summed E-state index contributed by atoms with van der Waals surface area (Å²) in [5, 5.41) is 3.46. The lowest BCUT2D eigenvalue weighted by Crippen LogP contribution is -2.44. The van der Waals surface area contributed by atoms with Crippen LogP contribution in [0.1, 0.15) is 36.5 Å². The van der Waals surface area contributed by atoms with E-state index in [2.05, 4.69) is 5.32 Å². The Hall–Kier alpha value is -1.75. The quantitative estimate of drug-likeness (QED) is 0.925. The minimum absolute atomic E-state index is 0.0900. The molecule has 5 heteroatoms. The number of nitrogens with one attached hydrogen (secondary N) is 1. The van der Waals surface area contributed by atoms with Crippen molar-refractivity contribution in [1.29, 1.82) is 0 Å². The van der Waals surface area contributed by atoms with Gasteiger partial charge in [-0.15, -0.1) is 0 Å². The minimum atomic E-state index is 0.0900. The molecule has 0 bridgehead atoms. The van der Waals surface area contributed by atoms with Gasteiger partial charge in [-0.25, -0.2) is 0 Å². The number of rotatable bonds is 4. The molecule has 1 N–H and O–H groups in total. The van der Waals surface area contributed by atoms with Crippen molar-refractivity contribution in [2.45, 2.75) is 26.2 Å². The molecule has 2 saturated heterocycles. The predicted octanol–water partition coefficient (Wildman–Crippen LogP) is 2.31. The molecule has 1 spiro atoms. The highest BCUT2D eigenvalue weighted by molar-refractivity contribution is 5.95. The summed E-state index contributed by atoms with van der Waals surface area (Å²) in [5.74, 6) is 1.39. The van der Waals surface area contributed by atoms with Crippen LogP contribution in [0.15, 0.2) is 18.2 Å². The van der Waals surface area contributed by atoms with Gasteiger partial charge in [0, 0.05) is 25.2 Å². The summed E-state index contributed by atoms with van der Waals surface area (Å²) in [7, 11) is 1.60. The van der Waals surface area contributed by atoms with Gasteiger partial charge in [-0.3, -0.25) is 4.79 Å². The Kier molecular flexibility index (Phi) is 4.76. The second-order valence-corrected chi connectivity index (χ2v) is 6.52. The zero-order chi connectivity index (χ0) is 16.3. The number of nitrogens with zero attached hydrogens (tertiary/aromatic N) is 1. The summed E-state index contributed by atoms with van der Waals surface area (Å²) in [6, 6.07) is 5.44. The highest BCUT2D eigenvalue weighted by Gasteiger charge is 2.38. The number of benzene rings is 1. The normalized spacial score (nSPS) is 19.8. The standard InChI is InChI=1S/C18H26N2O3/c1-3-23-15-5-4-14(12-16(15)22-2)17(21)20-10-7-18(8-11-20)6-9-19-13-18/h4-5,12,19H,3,6-11,13H2,1-2H3. The fourth-order valence-electron chi connectivity index (χ4n) is 3.66.